The first-order chi connectivity index (χ1) is 6.04. The van der Waals surface area contributed by atoms with E-state index >= 15 is 0 Å². The standard InChI is InChI=1S/C9H8ClFO2/c1-5(9(12)13)6-3-2-4-7(10)8(6)11/h2-5H,1H3,(H,12,13). The molecule has 1 N–H and O–H groups in total. The van der Waals surface area contributed by atoms with Gasteiger partial charge in [0.15, 0.2) is 0 Å². The molecule has 0 aliphatic heterocycles. The van der Waals surface area contributed by atoms with Crippen molar-refractivity contribution >= 4 is 17.6 Å². The Labute approximate surface area is 80.0 Å². The second kappa shape index (κ2) is 3.75. The van der Waals surface area contributed by atoms with Crippen LogP contribution in [0.1, 0.15) is 18.4 Å². The maximum absolute atomic E-state index is 13.2. The van der Waals surface area contributed by atoms with Crippen molar-refractivity contribution in [3.05, 3.63) is 34.6 Å². The summed E-state index contributed by atoms with van der Waals surface area (Å²) in [7, 11) is 0. The number of benzene rings is 1. The van der Waals surface area contributed by atoms with Crippen LogP contribution in [0.5, 0.6) is 0 Å². The summed E-state index contributed by atoms with van der Waals surface area (Å²) in [4.78, 5) is 10.6. The van der Waals surface area contributed by atoms with Crippen LogP contribution < -0.4 is 0 Å². The molecule has 0 radical (unpaired) electrons. The van der Waals surface area contributed by atoms with E-state index in [-0.39, 0.29) is 10.6 Å². The molecule has 0 saturated carbocycles. The number of rotatable bonds is 2. The van der Waals surface area contributed by atoms with E-state index in [0.717, 1.165) is 0 Å². The Bertz CT molecular complexity index is 338. The van der Waals surface area contributed by atoms with Gasteiger partial charge in [-0.1, -0.05) is 23.7 Å². The molecule has 1 unspecified atom stereocenters. The van der Waals surface area contributed by atoms with Crippen molar-refractivity contribution in [3.8, 4) is 0 Å². The van der Waals surface area contributed by atoms with Gasteiger partial charge in [-0.2, -0.15) is 0 Å². The summed E-state index contributed by atoms with van der Waals surface area (Å²) in [5.41, 5.74) is 0.111. The van der Waals surface area contributed by atoms with Crippen LogP contribution in [0.2, 0.25) is 5.02 Å². The highest BCUT2D eigenvalue weighted by molar-refractivity contribution is 6.30. The molecule has 1 aromatic rings. The summed E-state index contributed by atoms with van der Waals surface area (Å²) >= 11 is 5.49. The van der Waals surface area contributed by atoms with Crippen molar-refractivity contribution in [2.75, 3.05) is 0 Å². The average Bonchev–Trinajstić information content (AvgIpc) is 2.08. The van der Waals surface area contributed by atoms with E-state index in [0.29, 0.717) is 0 Å². The molecule has 0 aliphatic rings. The van der Waals surface area contributed by atoms with Crippen LogP contribution in [0.3, 0.4) is 0 Å². The molecule has 0 heterocycles. The molecule has 0 saturated heterocycles. The lowest BCUT2D eigenvalue weighted by Gasteiger charge is -2.07. The fraction of sp³-hybridized carbons (Fsp3) is 0.222. The van der Waals surface area contributed by atoms with Gasteiger partial charge in [0.1, 0.15) is 5.82 Å². The van der Waals surface area contributed by atoms with Gasteiger partial charge < -0.3 is 5.11 Å². The predicted molar refractivity (Wildman–Crippen MR) is 47.5 cm³/mol. The average molecular weight is 203 g/mol. The van der Waals surface area contributed by atoms with Gasteiger partial charge in [0.25, 0.3) is 0 Å². The maximum Gasteiger partial charge on any atom is 0.310 e. The summed E-state index contributed by atoms with van der Waals surface area (Å²) < 4.78 is 13.2. The van der Waals surface area contributed by atoms with Crippen molar-refractivity contribution in [3.63, 3.8) is 0 Å². The Kier molecular flexibility index (Phi) is 2.88. The second-order valence-corrected chi connectivity index (χ2v) is 3.11. The van der Waals surface area contributed by atoms with Gasteiger partial charge in [-0.15, -0.1) is 0 Å². The fourth-order valence-corrected chi connectivity index (χ4v) is 1.17. The lowest BCUT2D eigenvalue weighted by molar-refractivity contribution is -0.138. The summed E-state index contributed by atoms with van der Waals surface area (Å²) in [5, 5.41) is 8.59. The third-order valence-electron chi connectivity index (χ3n) is 1.82. The summed E-state index contributed by atoms with van der Waals surface area (Å²) in [5.74, 6) is -2.60. The second-order valence-electron chi connectivity index (χ2n) is 2.70. The van der Waals surface area contributed by atoms with E-state index in [1.54, 1.807) is 0 Å². The van der Waals surface area contributed by atoms with E-state index in [2.05, 4.69) is 0 Å². The lowest BCUT2D eigenvalue weighted by atomic mass is 10.0. The highest BCUT2D eigenvalue weighted by Crippen LogP contribution is 2.24. The lowest BCUT2D eigenvalue weighted by Crippen LogP contribution is -2.09. The number of carboxylic acid groups (broad SMARTS) is 1. The minimum absolute atomic E-state index is 0.0504. The Balaban J connectivity index is 3.15. The molecule has 4 heteroatoms. The van der Waals surface area contributed by atoms with Crippen LogP contribution in [0.4, 0.5) is 4.39 Å². The zero-order valence-electron chi connectivity index (χ0n) is 6.92. The van der Waals surface area contributed by atoms with E-state index < -0.39 is 17.7 Å². The molecule has 0 fully saturated rings. The number of hydrogen-bond donors (Lipinski definition) is 1. The molecule has 0 bridgehead atoms. The first-order valence-corrected chi connectivity index (χ1v) is 4.08. The highest BCUT2D eigenvalue weighted by atomic mass is 35.5. The van der Waals surface area contributed by atoms with E-state index in [1.807, 2.05) is 0 Å². The van der Waals surface area contributed by atoms with Crippen LogP contribution in [-0.4, -0.2) is 11.1 Å². The van der Waals surface area contributed by atoms with Gasteiger partial charge >= 0.3 is 5.97 Å². The molecule has 13 heavy (non-hydrogen) atoms. The third kappa shape index (κ3) is 1.98. The number of hydrogen-bond acceptors (Lipinski definition) is 1. The van der Waals surface area contributed by atoms with E-state index in [4.69, 9.17) is 16.7 Å². The topological polar surface area (TPSA) is 37.3 Å². The Morgan fingerprint density at radius 1 is 1.62 bits per heavy atom. The minimum Gasteiger partial charge on any atom is -0.481 e. The molecule has 1 rings (SSSR count). The predicted octanol–water partition coefficient (Wildman–Crippen LogP) is 2.67. The largest absolute Gasteiger partial charge is 0.481 e. The molecular formula is C9H8ClFO2. The van der Waals surface area contributed by atoms with Crippen LogP contribution in [0.25, 0.3) is 0 Å². The molecule has 0 spiro atoms. The van der Waals surface area contributed by atoms with E-state index in [1.165, 1.54) is 25.1 Å². The monoisotopic (exact) mass is 202 g/mol. The summed E-state index contributed by atoms with van der Waals surface area (Å²) in [6, 6.07) is 4.33. The van der Waals surface area contributed by atoms with E-state index in [9.17, 15) is 9.18 Å². The molecule has 0 aliphatic carbocycles. The summed E-state index contributed by atoms with van der Waals surface area (Å²) in [6.45, 7) is 1.41. The van der Waals surface area contributed by atoms with Crippen molar-refractivity contribution in [2.24, 2.45) is 0 Å². The molecule has 2 nitrogen and oxygen atoms in total. The molecule has 1 aromatic carbocycles. The van der Waals surface area contributed by atoms with Crippen LogP contribution in [0, 0.1) is 5.82 Å². The zero-order valence-corrected chi connectivity index (χ0v) is 7.68. The highest BCUT2D eigenvalue weighted by Gasteiger charge is 2.18. The van der Waals surface area contributed by atoms with Crippen molar-refractivity contribution < 1.29 is 14.3 Å². The van der Waals surface area contributed by atoms with Crippen molar-refractivity contribution in [2.45, 2.75) is 12.8 Å². The van der Waals surface area contributed by atoms with Crippen LogP contribution in [-0.2, 0) is 4.79 Å². The molecule has 0 aromatic heterocycles. The van der Waals surface area contributed by atoms with Gasteiger partial charge in [-0.25, -0.2) is 4.39 Å². The molecule has 0 amide bonds. The van der Waals surface area contributed by atoms with Gasteiger partial charge in [-0.3, -0.25) is 4.79 Å². The quantitative estimate of drug-likeness (QED) is 0.801. The SMILES string of the molecule is CC(C(=O)O)c1cccc(Cl)c1F. The Hall–Kier alpha value is -1.09. The Morgan fingerprint density at radius 2 is 2.23 bits per heavy atom. The summed E-state index contributed by atoms with van der Waals surface area (Å²) in [6.07, 6.45) is 0. The van der Waals surface area contributed by atoms with Crippen LogP contribution >= 0.6 is 11.6 Å². The first-order valence-electron chi connectivity index (χ1n) is 3.70. The first kappa shape index (κ1) is 9.99. The number of carbonyl (C=O) groups is 1. The Morgan fingerprint density at radius 3 is 2.77 bits per heavy atom. The minimum atomic E-state index is -1.07. The van der Waals surface area contributed by atoms with Crippen molar-refractivity contribution in [1.82, 2.24) is 0 Å². The van der Waals surface area contributed by atoms with Crippen molar-refractivity contribution in [1.29, 1.82) is 0 Å². The third-order valence-corrected chi connectivity index (χ3v) is 2.11. The van der Waals surface area contributed by atoms with Gasteiger partial charge in [-0.05, 0) is 13.0 Å². The number of carboxylic acids is 1. The van der Waals surface area contributed by atoms with Gasteiger partial charge in [0.05, 0.1) is 10.9 Å². The molecule has 70 valence electrons. The maximum atomic E-state index is 13.2. The number of aliphatic carboxylic acids is 1. The smallest absolute Gasteiger partial charge is 0.310 e. The van der Waals surface area contributed by atoms with Crippen LogP contribution in [0.15, 0.2) is 18.2 Å². The molecular weight excluding hydrogens is 195 g/mol. The van der Waals surface area contributed by atoms with Gasteiger partial charge in [0, 0.05) is 5.56 Å². The van der Waals surface area contributed by atoms with Gasteiger partial charge in [0.2, 0.25) is 0 Å². The zero-order chi connectivity index (χ0) is 10.0. The normalized spacial score (nSPS) is 12.5. The molecule has 1 atom stereocenters. The number of halogens is 2. The fourth-order valence-electron chi connectivity index (χ4n) is 0.988.